The molecule has 0 unspecified atom stereocenters. The minimum atomic E-state index is -1.98. The summed E-state index contributed by atoms with van der Waals surface area (Å²) < 4.78 is 0. The van der Waals surface area contributed by atoms with Gasteiger partial charge in [0.1, 0.15) is 90.6 Å². The minimum Gasteiger partial charge on any atom is -0.481 e. The van der Waals surface area contributed by atoms with Crippen LogP contribution in [-0.4, -0.2) is 317 Å². The Morgan fingerprint density at radius 1 is 0.403 bits per heavy atom. The lowest BCUT2D eigenvalue weighted by molar-refractivity contribution is -0.147. The number of primary amides is 2. The fourth-order valence-electron chi connectivity index (χ4n) is 13.1. The predicted octanol–water partition coefficient (Wildman–Crippen LogP) is -11.0. The second-order valence-electron chi connectivity index (χ2n) is 32.3. The van der Waals surface area contributed by atoms with Crippen LogP contribution in [0.5, 0.6) is 0 Å². The maximum atomic E-state index is 14.9. The first kappa shape index (κ1) is 120. The number of hydrogen-bond donors (Lipinski definition) is 36. The molecule has 0 saturated carbocycles. The predicted molar refractivity (Wildman–Crippen MR) is 499 cm³/mol. The zero-order chi connectivity index (χ0) is 102. The number of carbonyl (C=O) groups is 19. The topological polar surface area (TPSA) is 903 Å². The number of thiol groups is 2. The molecule has 56 heteroatoms. The third kappa shape index (κ3) is 48.6. The van der Waals surface area contributed by atoms with E-state index in [-0.39, 0.29) is 134 Å². The van der Waals surface area contributed by atoms with Crippen LogP contribution in [-0.2, 0) is 91.1 Å². The van der Waals surface area contributed by atoms with Crippen molar-refractivity contribution in [3.05, 3.63) is 0 Å². The number of carboxylic acid groups (broad SMARTS) is 2. The molecule has 0 aromatic heterocycles. The Kier molecular flexibility index (Phi) is 57.9. The van der Waals surface area contributed by atoms with Gasteiger partial charge in [-0.05, 0) is 154 Å². The summed E-state index contributed by atoms with van der Waals surface area (Å²) in [5, 5.41) is 111. The minimum absolute atomic E-state index is 0.00458. The highest BCUT2D eigenvalue weighted by atomic mass is 32.2. The maximum Gasteiger partial charge on any atom is 0.326 e. The van der Waals surface area contributed by atoms with Gasteiger partial charge in [0.05, 0.1) is 25.0 Å². The van der Waals surface area contributed by atoms with Crippen molar-refractivity contribution in [1.82, 2.24) is 106 Å². The molecule has 53 nitrogen and oxygen atoms in total. The molecule has 1 saturated heterocycles. The molecular formula is C78H141N31O22S3. The van der Waals surface area contributed by atoms with Gasteiger partial charge in [0.25, 0.3) is 0 Å². The van der Waals surface area contributed by atoms with E-state index in [1.54, 1.807) is 34.0 Å². The Morgan fingerprint density at radius 3 is 1.11 bits per heavy atom. The summed E-state index contributed by atoms with van der Waals surface area (Å²) in [6.45, 7) is 9.30. The van der Waals surface area contributed by atoms with Crippen molar-refractivity contribution in [3.63, 3.8) is 0 Å². The fraction of sp³-hybridized carbons (Fsp3) is 0.705. The van der Waals surface area contributed by atoms with E-state index in [1.807, 2.05) is 0 Å². The van der Waals surface area contributed by atoms with Crippen LogP contribution in [0.2, 0.25) is 0 Å². The summed E-state index contributed by atoms with van der Waals surface area (Å²) in [5.74, 6) is -24.1. The van der Waals surface area contributed by atoms with E-state index in [0.717, 1.165) is 13.3 Å². The van der Waals surface area contributed by atoms with Crippen molar-refractivity contribution >= 4 is 173 Å². The van der Waals surface area contributed by atoms with Crippen LogP contribution in [0.4, 0.5) is 0 Å². The van der Waals surface area contributed by atoms with Crippen LogP contribution in [0.25, 0.3) is 0 Å². The average Bonchev–Trinajstić information content (AvgIpc) is 0.941. The molecule has 1 fully saturated rings. The number of unbranched alkanes of at least 4 members (excludes halogenated alkanes) is 1. The van der Waals surface area contributed by atoms with Gasteiger partial charge in [-0.2, -0.15) is 37.0 Å². The van der Waals surface area contributed by atoms with Crippen molar-refractivity contribution < 1.29 is 106 Å². The summed E-state index contributed by atoms with van der Waals surface area (Å²) in [5.41, 5.74) is 39.0. The van der Waals surface area contributed by atoms with Crippen LogP contribution >= 0.6 is 37.0 Å². The van der Waals surface area contributed by atoms with E-state index in [1.165, 1.54) is 18.7 Å². The highest BCUT2D eigenvalue weighted by Crippen LogP contribution is 2.17. The van der Waals surface area contributed by atoms with E-state index in [0.29, 0.717) is 18.7 Å². The number of carboxylic acids is 2. The molecule has 0 aromatic carbocycles. The molecule has 1 aliphatic heterocycles. The number of carbonyl (C=O) groups excluding carboxylic acids is 17. The number of aliphatic carboxylic acids is 2. The fourth-order valence-corrected chi connectivity index (χ4v) is 14.0. The lowest BCUT2D eigenvalue weighted by Crippen LogP contribution is -2.62. The van der Waals surface area contributed by atoms with Crippen LogP contribution < -0.4 is 146 Å². The van der Waals surface area contributed by atoms with Gasteiger partial charge in [0, 0.05) is 44.1 Å². The average molecular weight is 1960 g/mol. The van der Waals surface area contributed by atoms with Gasteiger partial charge in [0.15, 0.2) is 23.8 Å². The molecule has 1 heterocycles. The number of amides is 17. The van der Waals surface area contributed by atoms with Gasteiger partial charge in [0.2, 0.25) is 100 Å². The van der Waals surface area contributed by atoms with E-state index < -0.39 is 276 Å². The van der Waals surface area contributed by atoms with E-state index in [4.69, 9.17) is 61.8 Å². The number of aliphatic hydroxyl groups excluding tert-OH is 1. The zero-order valence-corrected chi connectivity index (χ0v) is 79.0. The van der Waals surface area contributed by atoms with Crippen LogP contribution in [0, 0.1) is 33.5 Å². The first-order chi connectivity index (χ1) is 63.0. The number of rotatable bonds is 68. The molecule has 758 valence electrons. The molecule has 1 rings (SSSR count). The normalized spacial score (nSPS) is 15.9. The maximum absolute atomic E-state index is 14.9. The third-order valence-electron chi connectivity index (χ3n) is 20.6. The number of aliphatic hydroxyl groups is 1. The number of guanidine groups is 4. The smallest absolute Gasteiger partial charge is 0.326 e. The molecule has 41 N–H and O–H groups in total. The van der Waals surface area contributed by atoms with Crippen molar-refractivity contribution in [1.29, 1.82) is 21.6 Å². The quantitative estimate of drug-likeness (QED) is 0.0116. The van der Waals surface area contributed by atoms with E-state index in [9.17, 15) is 106 Å². The van der Waals surface area contributed by atoms with Crippen LogP contribution in [0.15, 0.2) is 0 Å². The van der Waals surface area contributed by atoms with Crippen molar-refractivity contribution in [3.8, 4) is 0 Å². The highest BCUT2D eigenvalue weighted by molar-refractivity contribution is 7.98. The van der Waals surface area contributed by atoms with Gasteiger partial charge in [-0.1, -0.05) is 34.1 Å². The van der Waals surface area contributed by atoms with Gasteiger partial charge in [-0.3, -0.25) is 108 Å². The van der Waals surface area contributed by atoms with Crippen LogP contribution in [0.1, 0.15) is 170 Å². The van der Waals surface area contributed by atoms with E-state index in [2.05, 4.69) is 132 Å². The molecule has 0 radical (unpaired) electrons. The van der Waals surface area contributed by atoms with E-state index >= 15 is 0 Å². The molecule has 17 amide bonds. The Labute approximate surface area is 791 Å². The van der Waals surface area contributed by atoms with Crippen molar-refractivity contribution in [2.45, 2.75) is 273 Å². The van der Waals surface area contributed by atoms with Gasteiger partial charge >= 0.3 is 11.9 Å². The second-order valence-corrected chi connectivity index (χ2v) is 34.0. The first-order valence-corrected chi connectivity index (χ1v) is 46.4. The standard InChI is InChI=1S/C78H141N31O22S3/c1-8-38(4)57(72(128)101-45(20-14-29-93-77(86)87)63(119)103-49(32-37(2)3)68(124)107-52(35-132)70(126)95-39(5)59(115)96-43(18-12-27-91-75(82)83)64(120)105-51(74(130)131)34-56(113)114)108-67(123)46(21-15-30-94-78(88)89)99-69(125)50(33-55(81)112)104-62(118)42(16-9-10-25-79)97-61(117)44(19-13-28-92-76(84)85)98-65(121)47(22-23-54(80)111)102-73(129)58(40(6)110)109-71(127)53(36-133)106-66(122)48(24-31-134-7)100-60(116)41-17-11-26-90-41/h37-53,57-58,90,110,132-133H,8-36,79H2,1-7H3,(H2,80,111)(H2,81,112)(H,95,126)(H,96,115)(H,97,117)(H,98,121)(H,99,125)(H,100,116)(H,101,128)(H,102,129)(H,103,119)(H,104,118)(H,105,120)(H,106,122)(H,107,124)(H,108,123)(H,109,127)(H,113,114)(H,130,131)(H4,82,83,91)(H4,84,85,92)(H4,86,87,93)(H4,88,89,94)/t38-,39-,40+,41-,42-,43-,44-,45-,46-,47-,48-,49-,50-,51-,52-,53-,57-,58-/m0/s1. The number of thioether (sulfide) groups is 1. The zero-order valence-electron chi connectivity index (χ0n) is 76.4. The molecular weight excluding hydrogens is 1820 g/mol. The number of nitrogens with one attached hydrogen (secondary N) is 24. The third-order valence-corrected chi connectivity index (χ3v) is 22.0. The SMILES string of the molecule is CC[C@H](C)[C@H](NC(=O)[C@H](CCCNC(=N)N)NC(=O)[C@H](CC(N)=O)NC(=O)[C@H](CCCCN)NC(=O)[C@H](CCCNC(=N)N)NC(=O)[C@H](CCC(N)=O)NC(=O)[C@@H](NC(=O)[C@H](CS)NC(=O)[C@H](CCSC)NC(=O)[C@@H]1CCCN1)[C@@H](C)O)C(=O)N[C@@H](CCCNC(=N)N)C(=O)N[C@@H](CC(C)C)C(=O)N[C@@H](CS)C(=O)N[C@@H](C)C(=O)N[C@@H](CCCNC(=N)N)C(=O)N[C@@H](CC(=O)O)C(=O)O. The Hall–Kier alpha value is -12.1. The largest absolute Gasteiger partial charge is 0.481 e. The van der Waals surface area contributed by atoms with Gasteiger partial charge < -0.3 is 162 Å². The van der Waals surface area contributed by atoms with Crippen molar-refractivity contribution in [2.75, 3.05) is 62.8 Å². The molecule has 0 aliphatic carbocycles. The Balaban J connectivity index is 3.84. The lowest BCUT2D eigenvalue weighted by Gasteiger charge is -2.30. The second kappa shape index (κ2) is 64.7. The number of nitrogens with two attached hydrogens (primary N) is 7. The molecule has 0 aromatic rings. The molecule has 134 heavy (non-hydrogen) atoms. The van der Waals surface area contributed by atoms with Gasteiger partial charge in [-0.15, -0.1) is 0 Å². The monoisotopic (exact) mass is 1960 g/mol. The summed E-state index contributed by atoms with van der Waals surface area (Å²) in [7, 11) is 0. The number of hydrogen-bond acceptors (Lipinski definition) is 29. The van der Waals surface area contributed by atoms with Gasteiger partial charge in [-0.25, -0.2) is 4.79 Å². The van der Waals surface area contributed by atoms with Crippen molar-refractivity contribution in [2.24, 2.45) is 52.0 Å². The summed E-state index contributed by atoms with van der Waals surface area (Å²) >= 11 is 9.87. The summed E-state index contributed by atoms with van der Waals surface area (Å²) in [6, 6.07) is -25.0. The molecule has 1 aliphatic rings. The lowest BCUT2D eigenvalue weighted by atomic mass is 9.96. The summed E-state index contributed by atoms with van der Waals surface area (Å²) in [4.78, 5) is 262. The molecule has 18 atom stereocenters. The Morgan fingerprint density at radius 2 is 0.746 bits per heavy atom. The molecule has 0 spiro atoms. The molecule has 0 bridgehead atoms. The highest BCUT2D eigenvalue weighted by Gasteiger charge is 2.41. The summed E-state index contributed by atoms with van der Waals surface area (Å²) in [6.07, 6.45) is -2.76. The van der Waals surface area contributed by atoms with Crippen LogP contribution in [0.3, 0.4) is 0 Å². The Bertz CT molecular complexity index is 3990. The first-order valence-electron chi connectivity index (χ1n) is 43.8.